The van der Waals surface area contributed by atoms with Crippen LogP contribution in [0.4, 0.5) is 4.79 Å². The maximum Gasteiger partial charge on any atom is 0.319 e. The summed E-state index contributed by atoms with van der Waals surface area (Å²) in [5.41, 5.74) is 2.54. The first-order valence-electron chi connectivity index (χ1n) is 9.40. The van der Waals surface area contributed by atoms with E-state index in [1.54, 1.807) is 19.2 Å². The second kappa shape index (κ2) is 8.27. The lowest BCUT2D eigenvalue weighted by molar-refractivity contribution is 0.235. The van der Waals surface area contributed by atoms with Gasteiger partial charge in [-0.25, -0.2) is 4.79 Å². The first-order valence-corrected chi connectivity index (χ1v) is 9.40. The molecule has 0 aromatic heterocycles. The van der Waals surface area contributed by atoms with Gasteiger partial charge in [0.05, 0.1) is 24.8 Å². The summed E-state index contributed by atoms with van der Waals surface area (Å²) in [6, 6.07) is 16.7. The van der Waals surface area contributed by atoms with E-state index in [-0.39, 0.29) is 11.4 Å². The minimum absolute atomic E-state index is 0.331. The largest absolute Gasteiger partial charge is 0.493 e. The summed E-state index contributed by atoms with van der Waals surface area (Å²) >= 11 is 0. The molecule has 2 aromatic carbocycles. The number of methoxy groups -OCH3 is 1. The predicted molar refractivity (Wildman–Crippen MR) is 110 cm³/mol. The first kappa shape index (κ1) is 20.3. The number of benzene rings is 2. The summed E-state index contributed by atoms with van der Waals surface area (Å²) < 4.78 is 11.4. The number of carbonyl (C=O) groups excluding carboxylic acids is 1. The van der Waals surface area contributed by atoms with Gasteiger partial charge < -0.3 is 20.1 Å². The van der Waals surface area contributed by atoms with Crippen molar-refractivity contribution in [1.29, 1.82) is 5.26 Å². The van der Waals surface area contributed by atoms with Crippen molar-refractivity contribution in [3.05, 3.63) is 70.9 Å². The number of hydrogen-bond donors (Lipinski definition) is 2. The molecule has 6 nitrogen and oxygen atoms in total. The fraction of sp³-hybridized carbons (Fsp3) is 0.304. The molecule has 6 heteroatoms. The molecule has 0 fully saturated rings. The smallest absolute Gasteiger partial charge is 0.319 e. The minimum atomic E-state index is -0.556. The third-order valence-corrected chi connectivity index (χ3v) is 4.70. The van der Waals surface area contributed by atoms with E-state index < -0.39 is 6.04 Å². The van der Waals surface area contributed by atoms with E-state index in [4.69, 9.17) is 9.47 Å². The molecule has 29 heavy (non-hydrogen) atoms. The van der Waals surface area contributed by atoms with Crippen molar-refractivity contribution in [3.63, 3.8) is 0 Å². The Bertz CT molecular complexity index is 969. The molecular weight excluding hydrogens is 366 g/mol. The number of rotatable bonds is 5. The molecule has 0 spiro atoms. The van der Waals surface area contributed by atoms with Crippen LogP contribution in [0, 0.1) is 16.7 Å². The van der Waals surface area contributed by atoms with Gasteiger partial charge in [0.15, 0.2) is 11.5 Å². The van der Waals surface area contributed by atoms with Gasteiger partial charge in [-0.1, -0.05) is 57.2 Å². The molecule has 150 valence electrons. The molecule has 1 aliphatic rings. The lowest BCUT2D eigenvalue weighted by Crippen LogP contribution is -2.46. The normalized spacial score (nSPS) is 16.5. The Morgan fingerprint density at radius 1 is 1.10 bits per heavy atom. The van der Waals surface area contributed by atoms with Crippen molar-refractivity contribution in [2.75, 3.05) is 7.11 Å². The second-order valence-corrected chi connectivity index (χ2v) is 7.87. The van der Waals surface area contributed by atoms with Crippen molar-refractivity contribution in [2.24, 2.45) is 5.41 Å². The Morgan fingerprint density at radius 2 is 1.83 bits per heavy atom. The maximum atomic E-state index is 12.2. The van der Waals surface area contributed by atoms with Crippen LogP contribution in [0.2, 0.25) is 0 Å². The highest BCUT2D eigenvalue weighted by atomic mass is 16.5. The van der Waals surface area contributed by atoms with Crippen molar-refractivity contribution in [2.45, 2.75) is 33.4 Å². The fourth-order valence-corrected chi connectivity index (χ4v) is 3.24. The van der Waals surface area contributed by atoms with E-state index in [2.05, 4.69) is 16.7 Å². The van der Waals surface area contributed by atoms with Crippen molar-refractivity contribution < 1.29 is 14.3 Å². The Balaban J connectivity index is 1.92. The van der Waals surface area contributed by atoms with E-state index in [1.807, 2.05) is 57.2 Å². The van der Waals surface area contributed by atoms with Gasteiger partial charge in [0.1, 0.15) is 6.61 Å². The van der Waals surface area contributed by atoms with Crippen molar-refractivity contribution in [1.82, 2.24) is 10.6 Å². The number of nitrogens with zero attached hydrogens (tertiary/aromatic N) is 1. The van der Waals surface area contributed by atoms with E-state index in [0.717, 1.165) is 11.1 Å². The highest BCUT2D eigenvalue weighted by Crippen LogP contribution is 2.37. The number of carbonyl (C=O) groups is 1. The highest BCUT2D eigenvalue weighted by Gasteiger charge is 2.34. The number of allylic oxidation sites excluding steroid dienone is 1. The molecule has 1 atom stereocenters. The van der Waals surface area contributed by atoms with Crippen LogP contribution in [0.25, 0.3) is 0 Å². The molecule has 2 aromatic rings. The first-order chi connectivity index (χ1) is 13.8. The van der Waals surface area contributed by atoms with Gasteiger partial charge in [-0.2, -0.15) is 5.26 Å². The van der Waals surface area contributed by atoms with Gasteiger partial charge in [0, 0.05) is 11.1 Å². The zero-order valence-corrected chi connectivity index (χ0v) is 17.1. The zero-order valence-electron chi connectivity index (χ0n) is 17.1. The van der Waals surface area contributed by atoms with E-state index in [0.29, 0.717) is 29.4 Å². The Kier molecular flexibility index (Phi) is 5.79. The average Bonchev–Trinajstić information content (AvgIpc) is 2.71. The molecule has 0 saturated heterocycles. The summed E-state index contributed by atoms with van der Waals surface area (Å²) in [5.74, 6) is 1.14. The van der Waals surface area contributed by atoms with E-state index >= 15 is 0 Å². The molecule has 0 aliphatic carbocycles. The third kappa shape index (κ3) is 4.52. The van der Waals surface area contributed by atoms with Gasteiger partial charge >= 0.3 is 6.03 Å². The van der Waals surface area contributed by atoms with Gasteiger partial charge in [-0.15, -0.1) is 0 Å². The zero-order chi connectivity index (χ0) is 21.0. The van der Waals surface area contributed by atoms with Crippen LogP contribution in [-0.4, -0.2) is 13.1 Å². The molecule has 0 radical (unpaired) electrons. The van der Waals surface area contributed by atoms with E-state index in [1.165, 1.54) is 0 Å². The molecular formula is C23H25N3O3. The van der Waals surface area contributed by atoms with Crippen LogP contribution in [0.1, 0.15) is 37.9 Å². The lowest BCUT2D eigenvalue weighted by Gasteiger charge is -2.33. The molecule has 1 heterocycles. The fourth-order valence-electron chi connectivity index (χ4n) is 3.24. The summed E-state index contributed by atoms with van der Waals surface area (Å²) in [4.78, 5) is 12.2. The molecule has 0 unspecified atom stereocenters. The minimum Gasteiger partial charge on any atom is -0.493 e. The average molecular weight is 391 g/mol. The van der Waals surface area contributed by atoms with Gasteiger partial charge in [-0.05, 0) is 23.3 Å². The van der Waals surface area contributed by atoms with Crippen LogP contribution in [0.5, 0.6) is 11.5 Å². The van der Waals surface area contributed by atoms with Crippen LogP contribution < -0.4 is 20.1 Å². The van der Waals surface area contributed by atoms with Crippen LogP contribution in [0.15, 0.2) is 59.8 Å². The van der Waals surface area contributed by atoms with Crippen LogP contribution in [-0.2, 0) is 6.61 Å². The number of hydrogen-bond acceptors (Lipinski definition) is 4. The van der Waals surface area contributed by atoms with Crippen LogP contribution in [0.3, 0.4) is 0 Å². The van der Waals surface area contributed by atoms with Crippen molar-refractivity contribution in [3.8, 4) is 17.6 Å². The third-order valence-electron chi connectivity index (χ3n) is 4.70. The second-order valence-electron chi connectivity index (χ2n) is 7.87. The Labute approximate surface area is 171 Å². The van der Waals surface area contributed by atoms with E-state index in [9.17, 15) is 10.1 Å². The number of urea groups is 1. The standard InChI is InChI=1S/C23H25N3O3/c1-23(2,3)21-17(13-24)20(25-22(27)26-21)16-10-11-18(19(12-16)28-4)29-14-15-8-6-5-7-9-15/h5-12,20H,14H2,1-4H3,(H2,25,26,27)/t20-/m0/s1. The van der Waals surface area contributed by atoms with Crippen molar-refractivity contribution >= 4 is 6.03 Å². The Morgan fingerprint density at radius 3 is 2.45 bits per heavy atom. The summed E-state index contributed by atoms with van der Waals surface area (Å²) in [6.45, 7) is 6.30. The quantitative estimate of drug-likeness (QED) is 0.789. The summed E-state index contributed by atoms with van der Waals surface area (Å²) in [6.07, 6.45) is 0. The number of nitrogens with one attached hydrogen (secondary N) is 2. The van der Waals surface area contributed by atoms with Gasteiger partial charge in [0.2, 0.25) is 0 Å². The highest BCUT2D eigenvalue weighted by molar-refractivity contribution is 5.80. The number of ether oxygens (including phenoxy) is 2. The molecule has 3 rings (SSSR count). The van der Waals surface area contributed by atoms with Crippen LogP contribution >= 0.6 is 0 Å². The Hall–Kier alpha value is -3.46. The monoisotopic (exact) mass is 391 g/mol. The number of nitriles is 1. The van der Waals surface area contributed by atoms with Gasteiger partial charge in [0.25, 0.3) is 0 Å². The summed E-state index contributed by atoms with van der Waals surface area (Å²) in [5, 5.41) is 15.4. The predicted octanol–water partition coefficient (Wildman–Crippen LogP) is 4.45. The molecule has 2 amide bonds. The SMILES string of the molecule is COc1cc([C@@H]2NC(=O)NC(C(C)(C)C)=C2C#N)ccc1OCc1ccccc1. The lowest BCUT2D eigenvalue weighted by atomic mass is 9.84. The topological polar surface area (TPSA) is 83.4 Å². The molecule has 0 saturated carbocycles. The summed E-state index contributed by atoms with van der Waals surface area (Å²) in [7, 11) is 1.57. The molecule has 1 aliphatic heterocycles. The number of amides is 2. The van der Waals surface area contributed by atoms with Gasteiger partial charge in [-0.3, -0.25) is 0 Å². The maximum absolute atomic E-state index is 12.2. The molecule has 0 bridgehead atoms. The molecule has 2 N–H and O–H groups in total.